The lowest BCUT2D eigenvalue weighted by Crippen LogP contribution is -1.81. The van der Waals surface area contributed by atoms with Crippen molar-refractivity contribution < 1.29 is 0 Å². The third kappa shape index (κ3) is 4.20. The van der Waals surface area contributed by atoms with E-state index in [-0.39, 0.29) is 0 Å². The van der Waals surface area contributed by atoms with Gasteiger partial charge in [0.2, 0.25) is 0 Å². The predicted molar refractivity (Wildman–Crippen MR) is 83.5 cm³/mol. The van der Waals surface area contributed by atoms with Crippen molar-refractivity contribution in [2.75, 3.05) is 0 Å². The van der Waals surface area contributed by atoms with Crippen LogP contribution in [0.2, 0.25) is 0 Å². The maximum Gasteiger partial charge on any atom is 0.0568 e. The van der Waals surface area contributed by atoms with Gasteiger partial charge in [0.1, 0.15) is 0 Å². The van der Waals surface area contributed by atoms with Crippen LogP contribution in [0.15, 0.2) is 67.7 Å². The van der Waals surface area contributed by atoms with Crippen molar-refractivity contribution in [1.29, 1.82) is 0 Å². The molecule has 2 aromatic carbocycles. The molecule has 0 saturated heterocycles. The lowest BCUT2D eigenvalue weighted by atomic mass is 10.2. The summed E-state index contributed by atoms with van der Waals surface area (Å²) in [7, 11) is 0. The van der Waals surface area contributed by atoms with E-state index in [1.807, 2.05) is 48.5 Å². The highest BCUT2D eigenvalue weighted by Gasteiger charge is 1.89. The fourth-order valence-corrected chi connectivity index (χ4v) is 2.21. The molecule has 0 N–H and O–H groups in total. The van der Waals surface area contributed by atoms with E-state index < -0.39 is 0 Å². The molecule has 0 bridgehead atoms. The normalized spacial score (nSPS) is 11.4. The molecule has 0 atom stereocenters. The zero-order valence-electron chi connectivity index (χ0n) is 9.42. The fourth-order valence-electron chi connectivity index (χ4n) is 1.37. The average Bonchev–Trinajstić information content (AvgIpc) is 2.35. The molecule has 0 aliphatic heterocycles. The molecule has 18 heavy (non-hydrogen) atoms. The number of rotatable bonds is 3. The van der Waals surface area contributed by atoms with Crippen LogP contribution in [0.4, 0.5) is 0 Å². The topological polar surface area (TPSA) is 24.7 Å². The van der Waals surface area contributed by atoms with E-state index in [0.29, 0.717) is 0 Å². The molecular weight excluding hydrogens is 356 g/mol. The summed E-state index contributed by atoms with van der Waals surface area (Å²) in [5.74, 6) is 0. The summed E-state index contributed by atoms with van der Waals surface area (Å²) in [4.78, 5) is 0. The molecule has 0 amide bonds. The van der Waals surface area contributed by atoms with E-state index in [1.165, 1.54) is 0 Å². The Morgan fingerprint density at radius 3 is 1.56 bits per heavy atom. The first-order chi connectivity index (χ1) is 8.74. The van der Waals surface area contributed by atoms with Gasteiger partial charge < -0.3 is 0 Å². The van der Waals surface area contributed by atoms with Gasteiger partial charge >= 0.3 is 0 Å². The second kappa shape index (κ2) is 6.61. The zero-order valence-corrected chi connectivity index (χ0v) is 12.6. The maximum absolute atomic E-state index is 4.02. The van der Waals surface area contributed by atoms with E-state index in [4.69, 9.17) is 0 Å². The van der Waals surface area contributed by atoms with Gasteiger partial charge in [0.15, 0.2) is 0 Å². The lowest BCUT2D eigenvalue weighted by Gasteiger charge is -1.93. The van der Waals surface area contributed by atoms with Gasteiger partial charge in [0.05, 0.1) is 12.4 Å². The molecule has 0 aromatic heterocycles. The van der Waals surface area contributed by atoms with Crippen LogP contribution in [0.1, 0.15) is 11.1 Å². The van der Waals surface area contributed by atoms with Crippen LogP contribution in [0.25, 0.3) is 0 Å². The van der Waals surface area contributed by atoms with Crippen molar-refractivity contribution in [3.05, 3.63) is 68.6 Å². The Morgan fingerprint density at radius 1 is 0.722 bits per heavy atom. The molecule has 0 unspecified atom stereocenters. The van der Waals surface area contributed by atoms with Gasteiger partial charge in [-0.05, 0) is 35.4 Å². The second-order valence-electron chi connectivity index (χ2n) is 3.60. The molecule has 0 aliphatic carbocycles. The quantitative estimate of drug-likeness (QED) is 0.558. The number of hydrogen-bond donors (Lipinski definition) is 0. The summed E-state index contributed by atoms with van der Waals surface area (Å²) in [6, 6.07) is 15.8. The first-order valence-electron chi connectivity index (χ1n) is 5.31. The average molecular weight is 366 g/mol. The van der Waals surface area contributed by atoms with E-state index in [9.17, 15) is 0 Å². The Hall–Kier alpha value is -1.26. The lowest BCUT2D eigenvalue weighted by molar-refractivity contribution is 1.26. The molecule has 0 heterocycles. The largest absolute Gasteiger partial charge is 0.159 e. The Bertz CT molecular complexity index is 538. The van der Waals surface area contributed by atoms with Crippen molar-refractivity contribution in [3.8, 4) is 0 Å². The standard InChI is InChI=1S/C14H10Br2N2/c15-13-5-1-3-11(7-13)9-17-18-10-12-4-2-6-14(16)8-12/h1-10H. The zero-order chi connectivity index (χ0) is 12.8. The van der Waals surface area contributed by atoms with Crippen molar-refractivity contribution in [1.82, 2.24) is 0 Å². The molecular formula is C14H10Br2N2. The highest BCUT2D eigenvalue weighted by atomic mass is 79.9. The van der Waals surface area contributed by atoms with Crippen LogP contribution >= 0.6 is 31.9 Å². The van der Waals surface area contributed by atoms with Crippen LogP contribution in [-0.2, 0) is 0 Å². The van der Waals surface area contributed by atoms with Crippen molar-refractivity contribution in [2.45, 2.75) is 0 Å². The molecule has 0 saturated carbocycles. The molecule has 0 aliphatic rings. The van der Waals surface area contributed by atoms with Gasteiger partial charge in [-0.2, -0.15) is 10.2 Å². The van der Waals surface area contributed by atoms with Crippen molar-refractivity contribution >= 4 is 44.3 Å². The molecule has 0 radical (unpaired) electrons. The minimum Gasteiger partial charge on any atom is -0.159 e. The summed E-state index contributed by atoms with van der Waals surface area (Å²) < 4.78 is 2.06. The molecule has 0 fully saturated rings. The first kappa shape index (κ1) is 13.2. The molecule has 90 valence electrons. The van der Waals surface area contributed by atoms with Gasteiger partial charge in [-0.1, -0.05) is 56.1 Å². The van der Waals surface area contributed by atoms with E-state index in [0.717, 1.165) is 20.1 Å². The Kier molecular flexibility index (Phi) is 4.84. The highest BCUT2D eigenvalue weighted by molar-refractivity contribution is 9.10. The van der Waals surface area contributed by atoms with Crippen LogP contribution < -0.4 is 0 Å². The minimum atomic E-state index is 1.01. The van der Waals surface area contributed by atoms with Crippen LogP contribution in [-0.4, -0.2) is 12.4 Å². The monoisotopic (exact) mass is 364 g/mol. The van der Waals surface area contributed by atoms with Crippen molar-refractivity contribution in [3.63, 3.8) is 0 Å². The van der Waals surface area contributed by atoms with E-state index in [2.05, 4.69) is 42.1 Å². The summed E-state index contributed by atoms with van der Waals surface area (Å²) in [5.41, 5.74) is 2.02. The van der Waals surface area contributed by atoms with Gasteiger partial charge in [0.25, 0.3) is 0 Å². The Balaban J connectivity index is 2.03. The smallest absolute Gasteiger partial charge is 0.0568 e. The van der Waals surface area contributed by atoms with Crippen LogP contribution in [0, 0.1) is 0 Å². The number of halogens is 2. The molecule has 4 heteroatoms. The van der Waals surface area contributed by atoms with Crippen LogP contribution in [0.5, 0.6) is 0 Å². The number of benzene rings is 2. The van der Waals surface area contributed by atoms with Gasteiger partial charge in [-0.15, -0.1) is 0 Å². The van der Waals surface area contributed by atoms with Gasteiger partial charge in [-0.25, -0.2) is 0 Å². The summed E-state index contributed by atoms with van der Waals surface area (Å²) in [6.07, 6.45) is 3.44. The third-order valence-electron chi connectivity index (χ3n) is 2.18. The van der Waals surface area contributed by atoms with Gasteiger partial charge in [-0.3, -0.25) is 0 Å². The maximum atomic E-state index is 4.02. The molecule has 2 rings (SSSR count). The van der Waals surface area contributed by atoms with Crippen molar-refractivity contribution in [2.24, 2.45) is 10.2 Å². The molecule has 2 nitrogen and oxygen atoms in total. The molecule has 2 aromatic rings. The van der Waals surface area contributed by atoms with Gasteiger partial charge in [0, 0.05) is 8.95 Å². The Labute approximate surface area is 123 Å². The summed E-state index contributed by atoms with van der Waals surface area (Å²) in [5, 5.41) is 8.03. The molecule has 0 spiro atoms. The summed E-state index contributed by atoms with van der Waals surface area (Å²) >= 11 is 6.82. The Morgan fingerprint density at radius 2 is 1.17 bits per heavy atom. The number of hydrogen-bond acceptors (Lipinski definition) is 2. The second-order valence-corrected chi connectivity index (χ2v) is 5.43. The minimum absolute atomic E-state index is 1.01. The number of nitrogens with zero attached hydrogens (tertiary/aromatic N) is 2. The van der Waals surface area contributed by atoms with Crippen LogP contribution in [0.3, 0.4) is 0 Å². The summed E-state index contributed by atoms with van der Waals surface area (Å²) in [6.45, 7) is 0. The fraction of sp³-hybridized carbons (Fsp3) is 0. The third-order valence-corrected chi connectivity index (χ3v) is 3.16. The predicted octanol–water partition coefficient (Wildman–Crippen LogP) is 4.66. The highest BCUT2D eigenvalue weighted by Crippen LogP contribution is 2.11. The van der Waals surface area contributed by atoms with E-state index in [1.54, 1.807) is 12.4 Å². The van der Waals surface area contributed by atoms with E-state index >= 15 is 0 Å². The first-order valence-corrected chi connectivity index (χ1v) is 6.90. The SMILES string of the molecule is Brc1cccc(C=NN=Cc2cccc(Br)c2)c1.